The summed E-state index contributed by atoms with van der Waals surface area (Å²) in [7, 11) is 2.13. The Morgan fingerprint density at radius 1 is 1.42 bits per heavy atom. The molecule has 0 saturated carbocycles. The van der Waals surface area contributed by atoms with Crippen molar-refractivity contribution in [1.29, 1.82) is 0 Å². The number of aromatic hydroxyl groups is 1. The Kier molecular flexibility index (Phi) is 2.54. The first kappa shape index (κ1) is 14.5. The molecule has 1 saturated heterocycles. The van der Waals surface area contributed by atoms with Crippen LogP contribution in [0, 0.1) is 5.92 Å². The lowest BCUT2D eigenvalue weighted by Gasteiger charge is -2.58. The molecule has 2 N–H and O–H groups in total. The van der Waals surface area contributed by atoms with Crippen molar-refractivity contribution in [2.75, 3.05) is 13.6 Å². The monoisotopic (exact) mass is 327 g/mol. The maximum atomic E-state index is 12.3. The summed E-state index contributed by atoms with van der Waals surface area (Å²) in [6, 6.07) is 3.95. The van der Waals surface area contributed by atoms with Crippen molar-refractivity contribution >= 4 is 5.78 Å². The van der Waals surface area contributed by atoms with Crippen molar-refractivity contribution in [3.8, 4) is 11.5 Å². The molecule has 2 aliphatic carbocycles. The first-order valence-electron chi connectivity index (χ1n) is 8.54. The molecule has 5 nitrogen and oxygen atoms in total. The van der Waals surface area contributed by atoms with E-state index in [2.05, 4.69) is 11.9 Å². The van der Waals surface area contributed by atoms with E-state index in [4.69, 9.17) is 4.74 Å². The maximum Gasteiger partial charge on any atom is 0.178 e. The lowest BCUT2D eigenvalue weighted by molar-refractivity contribution is -0.148. The highest BCUT2D eigenvalue weighted by Gasteiger charge is 2.68. The van der Waals surface area contributed by atoms with Gasteiger partial charge in [-0.1, -0.05) is 12.1 Å². The van der Waals surface area contributed by atoms with E-state index in [9.17, 15) is 15.0 Å². The number of ketones is 1. The molecule has 5 atom stereocenters. The molecule has 5 heteroatoms. The molecule has 0 aromatic heterocycles. The van der Waals surface area contributed by atoms with E-state index in [0.29, 0.717) is 11.8 Å². The molecule has 0 amide bonds. The normalized spacial score (nSPS) is 41.7. The number of piperidine rings is 1. The molecular weight excluding hydrogens is 306 g/mol. The van der Waals surface area contributed by atoms with Gasteiger partial charge in [0.05, 0.1) is 0 Å². The molecule has 126 valence electrons. The standard InChI is InChI=1S/C19H21NO4/c1-10(21)19(23)6-5-12-13-9-11-3-4-14(22)16-15(11)18(12,17(19)24-16)7-8-20(13)2/h3-6,12-13,17,22-23H,7-9H2,1-2H3/t12-,13+,17-,18-,19+/m0/s1. The number of ether oxygens (including phenoxy) is 1. The first-order chi connectivity index (χ1) is 11.4. The van der Waals surface area contributed by atoms with Crippen LogP contribution in [-0.4, -0.2) is 52.2 Å². The molecule has 2 bridgehead atoms. The SMILES string of the molecule is CC(=O)[C@]1(O)C=C[C@H]2[C@H]3Cc4ccc(O)c5c4[C@@]2(CCN3C)[C@@H]1O5. The molecule has 4 aliphatic rings. The number of hydrogen-bond donors (Lipinski definition) is 2. The van der Waals surface area contributed by atoms with E-state index in [1.807, 2.05) is 12.1 Å². The molecule has 2 heterocycles. The summed E-state index contributed by atoms with van der Waals surface area (Å²) in [6.45, 7) is 2.29. The van der Waals surface area contributed by atoms with Crippen molar-refractivity contribution < 1.29 is 19.7 Å². The predicted octanol–water partition coefficient (Wildman–Crippen LogP) is 1.16. The van der Waals surface area contributed by atoms with Gasteiger partial charge < -0.3 is 19.8 Å². The van der Waals surface area contributed by atoms with Gasteiger partial charge in [-0.25, -0.2) is 0 Å². The van der Waals surface area contributed by atoms with E-state index >= 15 is 0 Å². The minimum absolute atomic E-state index is 0.0968. The number of benzene rings is 1. The Morgan fingerprint density at radius 2 is 2.21 bits per heavy atom. The molecule has 1 fully saturated rings. The molecule has 1 spiro atoms. The van der Waals surface area contributed by atoms with E-state index in [0.717, 1.165) is 24.9 Å². The summed E-state index contributed by atoms with van der Waals surface area (Å²) in [5.41, 5.74) is 0.107. The number of carbonyl (C=O) groups is 1. The zero-order chi connectivity index (χ0) is 16.9. The molecule has 1 aromatic rings. The third-order valence-electron chi connectivity index (χ3n) is 6.80. The van der Waals surface area contributed by atoms with Crippen LogP contribution in [0.15, 0.2) is 24.3 Å². The zero-order valence-electron chi connectivity index (χ0n) is 13.8. The molecule has 2 aliphatic heterocycles. The summed E-state index contributed by atoms with van der Waals surface area (Å²) in [4.78, 5) is 14.6. The smallest absolute Gasteiger partial charge is 0.178 e. The van der Waals surface area contributed by atoms with Gasteiger partial charge in [0.25, 0.3) is 0 Å². The second kappa shape index (κ2) is 4.21. The lowest BCUT2D eigenvalue weighted by Crippen LogP contribution is -2.69. The summed E-state index contributed by atoms with van der Waals surface area (Å²) >= 11 is 0. The van der Waals surface area contributed by atoms with Gasteiger partial charge in [-0.15, -0.1) is 0 Å². The van der Waals surface area contributed by atoms with Crippen molar-refractivity contribution in [3.63, 3.8) is 0 Å². The highest BCUT2D eigenvalue weighted by atomic mass is 16.5. The fourth-order valence-corrected chi connectivity index (χ4v) is 5.61. The number of rotatable bonds is 1. The Balaban J connectivity index is 1.84. The molecular formula is C19H21NO4. The second-order valence-corrected chi connectivity index (χ2v) is 7.75. The number of likely N-dealkylation sites (tertiary alicyclic amines) is 1. The van der Waals surface area contributed by atoms with Crippen LogP contribution in [-0.2, 0) is 16.6 Å². The summed E-state index contributed by atoms with van der Waals surface area (Å²) in [5.74, 6) is 0.427. The van der Waals surface area contributed by atoms with E-state index in [-0.39, 0.29) is 17.5 Å². The van der Waals surface area contributed by atoms with Crippen LogP contribution in [0.3, 0.4) is 0 Å². The molecule has 0 radical (unpaired) electrons. The quantitative estimate of drug-likeness (QED) is 0.758. The highest BCUT2D eigenvalue weighted by Crippen LogP contribution is 2.63. The van der Waals surface area contributed by atoms with Crippen LogP contribution in [0.5, 0.6) is 11.5 Å². The minimum atomic E-state index is -1.64. The largest absolute Gasteiger partial charge is 0.504 e. The van der Waals surface area contributed by atoms with Crippen LogP contribution in [0.2, 0.25) is 0 Å². The number of nitrogens with zero attached hydrogens (tertiary/aromatic N) is 1. The van der Waals surface area contributed by atoms with Crippen molar-refractivity contribution in [1.82, 2.24) is 4.90 Å². The topological polar surface area (TPSA) is 70.0 Å². The fourth-order valence-electron chi connectivity index (χ4n) is 5.61. The predicted molar refractivity (Wildman–Crippen MR) is 87.2 cm³/mol. The zero-order valence-corrected chi connectivity index (χ0v) is 13.8. The van der Waals surface area contributed by atoms with Gasteiger partial charge in [-0.05, 0) is 51.1 Å². The second-order valence-electron chi connectivity index (χ2n) is 7.75. The van der Waals surface area contributed by atoms with Crippen molar-refractivity contribution in [2.24, 2.45) is 5.92 Å². The molecule has 5 rings (SSSR count). The third-order valence-corrected chi connectivity index (χ3v) is 6.80. The Morgan fingerprint density at radius 3 is 2.96 bits per heavy atom. The van der Waals surface area contributed by atoms with Crippen LogP contribution >= 0.6 is 0 Å². The van der Waals surface area contributed by atoms with Crippen molar-refractivity contribution in [2.45, 2.75) is 42.9 Å². The van der Waals surface area contributed by atoms with Crippen LogP contribution in [0.4, 0.5) is 0 Å². The van der Waals surface area contributed by atoms with Gasteiger partial charge in [0, 0.05) is 22.9 Å². The van der Waals surface area contributed by atoms with Gasteiger partial charge in [-0.3, -0.25) is 4.79 Å². The van der Waals surface area contributed by atoms with Crippen molar-refractivity contribution in [3.05, 3.63) is 35.4 Å². The Hall–Kier alpha value is -1.85. The van der Waals surface area contributed by atoms with Gasteiger partial charge in [0.1, 0.15) is 6.10 Å². The fraction of sp³-hybridized carbons (Fsp3) is 0.526. The minimum Gasteiger partial charge on any atom is -0.504 e. The van der Waals surface area contributed by atoms with Gasteiger partial charge in [-0.2, -0.15) is 0 Å². The average Bonchev–Trinajstić information content (AvgIpc) is 2.91. The number of phenols is 1. The van der Waals surface area contributed by atoms with E-state index in [1.165, 1.54) is 12.5 Å². The summed E-state index contributed by atoms with van der Waals surface area (Å²) < 4.78 is 6.13. The number of hydrogen-bond acceptors (Lipinski definition) is 5. The van der Waals surface area contributed by atoms with Gasteiger partial charge >= 0.3 is 0 Å². The molecule has 1 aromatic carbocycles. The number of aliphatic hydroxyl groups is 1. The molecule has 0 unspecified atom stereocenters. The number of Topliss-reactive ketones (excluding diaryl/α,β-unsaturated/α-hetero) is 1. The van der Waals surface area contributed by atoms with Crippen LogP contribution < -0.4 is 4.74 Å². The molecule has 24 heavy (non-hydrogen) atoms. The number of carbonyl (C=O) groups excluding carboxylic acids is 1. The average molecular weight is 327 g/mol. The van der Waals surface area contributed by atoms with Crippen LogP contribution in [0.25, 0.3) is 0 Å². The Bertz CT molecular complexity index is 803. The maximum absolute atomic E-state index is 12.3. The third kappa shape index (κ3) is 1.38. The number of phenolic OH excluding ortho intramolecular Hbond substituents is 1. The number of likely N-dealkylation sites (N-methyl/N-ethyl adjacent to an activating group) is 1. The van der Waals surface area contributed by atoms with Crippen LogP contribution in [0.1, 0.15) is 24.5 Å². The first-order valence-corrected chi connectivity index (χ1v) is 8.54. The highest BCUT2D eigenvalue weighted by molar-refractivity contribution is 5.89. The summed E-state index contributed by atoms with van der Waals surface area (Å²) in [6.07, 6.45) is 4.67. The van der Waals surface area contributed by atoms with E-state index in [1.54, 1.807) is 12.1 Å². The van der Waals surface area contributed by atoms with Gasteiger partial charge in [0.15, 0.2) is 22.9 Å². The summed E-state index contributed by atoms with van der Waals surface area (Å²) in [5, 5.41) is 21.5. The van der Waals surface area contributed by atoms with E-state index < -0.39 is 17.1 Å². The lowest BCUT2D eigenvalue weighted by atomic mass is 9.51. The van der Waals surface area contributed by atoms with Gasteiger partial charge in [0.2, 0.25) is 0 Å². The Labute approximate surface area is 140 Å².